The number of ether oxygens (including phenoxy) is 1. The highest BCUT2D eigenvalue weighted by Gasteiger charge is 2.03. The van der Waals surface area contributed by atoms with Gasteiger partial charge in [-0.25, -0.2) is 0 Å². The molecule has 0 saturated heterocycles. The molecule has 0 amide bonds. The molecule has 0 aliphatic carbocycles. The van der Waals surface area contributed by atoms with E-state index in [1.807, 2.05) is 17.5 Å². The van der Waals surface area contributed by atoms with Crippen LogP contribution >= 0.6 is 11.5 Å². The van der Waals surface area contributed by atoms with Crippen LogP contribution in [0, 0.1) is 13.8 Å². The van der Waals surface area contributed by atoms with Crippen molar-refractivity contribution in [1.29, 1.82) is 0 Å². The first-order valence-electron chi connectivity index (χ1n) is 4.72. The molecule has 0 aliphatic heterocycles. The molecule has 0 unspecified atom stereocenters. The average molecular weight is 220 g/mol. The van der Waals surface area contributed by atoms with Gasteiger partial charge in [0.1, 0.15) is 18.1 Å². The fourth-order valence-electron chi connectivity index (χ4n) is 1.28. The molecule has 0 radical (unpaired) electrons. The SMILES string of the molecule is Cc1cccc(OCc2csnn2)c1C. The lowest BCUT2D eigenvalue weighted by Gasteiger charge is -2.09. The van der Waals surface area contributed by atoms with Crippen LogP contribution in [0.4, 0.5) is 0 Å². The Balaban J connectivity index is 2.08. The Labute approximate surface area is 92.9 Å². The molecule has 78 valence electrons. The Morgan fingerprint density at radius 3 is 2.93 bits per heavy atom. The van der Waals surface area contributed by atoms with E-state index in [0.717, 1.165) is 11.4 Å². The van der Waals surface area contributed by atoms with Crippen LogP contribution < -0.4 is 4.74 Å². The minimum atomic E-state index is 0.487. The van der Waals surface area contributed by atoms with Crippen molar-refractivity contribution in [3.63, 3.8) is 0 Å². The summed E-state index contributed by atoms with van der Waals surface area (Å²) >= 11 is 1.34. The molecule has 0 atom stereocenters. The van der Waals surface area contributed by atoms with Gasteiger partial charge in [0.25, 0.3) is 0 Å². The van der Waals surface area contributed by atoms with Gasteiger partial charge in [-0.15, -0.1) is 5.10 Å². The van der Waals surface area contributed by atoms with E-state index < -0.39 is 0 Å². The summed E-state index contributed by atoms with van der Waals surface area (Å²) < 4.78 is 9.45. The van der Waals surface area contributed by atoms with Crippen molar-refractivity contribution in [1.82, 2.24) is 9.59 Å². The second kappa shape index (κ2) is 4.40. The van der Waals surface area contributed by atoms with E-state index in [4.69, 9.17) is 4.74 Å². The van der Waals surface area contributed by atoms with E-state index >= 15 is 0 Å². The summed E-state index contributed by atoms with van der Waals surface area (Å²) in [5.41, 5.74) is 3.30. The fraction of sp³-hybridized carbons (Fsp3) is 0.273. The number of hydrogen-bond donors (Lipinski definition) is 0. The van der Waals surface area contributed by atoms with Crippen LogP contribution in [0.2, 0.25) is 0 Å². The molecule has 2 aromatic rings. The molecule has 1 aromatic carbocycles. The number of rotatable bonds is 3. The minimum Gasteiger partial charge on any atom is -0.487 e. The summed E-state index contributed by atoms with van der Waals surface area (Å²) in [5.74, 6) is 0.919. The zero-order chi connectivity index (χ0) is 10.7. The largest absolute Gasteiger partial charge is 0.487 e. The summed E-state index contributed by atoms with van der Waals surface area (Å²) in [5, 5.41) is 5.82. The van der Waals surface area contributed by atoms with Crippen LogP contribution in [0.3, 0.4) is 0 Å². The molecule has 0 spiro atoms. The fourth-order valence-corrected chi connectivity index (χ4v) is 1.72. The lowest BCUT2D eigenvalue weighted by atomic mass is 10.1. The number of benzene rings is 1. The van der Waals surface area contributed by atoms with E-state index in [2.05, 4.69) is 29.5 Å². The Kier molecular flexibility index (Phi) is 2.97. The molecule has 2 rings (SSSR count). The molecule has 0 bridgehead atoms. The van der Waals surface area contributed by atoms with Gasteiger partial charge in [-0.3, -0.25) is 0 Å². The molecule has 1 aromatic heterocycles. The predicted octanol–water partition coefficient (Wildman–Crippen LogP) is 2.73. The topological polar surface area (TPSA) is 35.0 Å². The smallest absolute Gasteiger partial charge is 0.133 e. The molecule has 4 heteroatoms. The Morgan fingerprint density at radius 1 is 1.33 bits per heavy atom. The van der Waals surface area contributed by atoms with Gasteiger partial charge in [0.05, 0.1) is 0 Å². The van der Waals surface area contributed by atoms with Crippen LogP contribution in [-0.4, -0.2) is 9.59 Å². The Morgan fingerprint density at radius 2 is 2.20 bits per heavy atom. The van der Waals surface area contributed by atoms with Gasteiger partial charge in [0.15, 0.2) is 0 Å². The first-order valence-corrected chi connectivity index (χ1v) is 5.56. The van der Waals surface area contributed by atoms with Gasteiger partial charge in [-0.1, -0.05) is 16.6 Å². The third-order valence-corrected chi connectivity index (χ3v) is 2.89. The second-order valence-electron chi connectivity index (χ2n) is 3.38. The van der Waals surface area contributed by atoms with Gasteiger partial charge >= 0.3 is 0 Å². The van der Waals surface area contributed by atoms with Crippen molar-refractivity contribution in [2.24, 2.45) is 0 Å². The van der Waals surface area contributed by atoms with Crippen LogP contribution in [0.15, 0.2) is 23.6 Å². The minimum absolute atomic E-state index is 0.487. The van der Waals surface area contributed by atoms with Crippen LogP contribution in [-0.2, 0) is 6.61 Å². The van der Waals surface area contributed by atoms with E-state index in [1.54, 1.807) is 0 Å². The first-order chi connectivity index (χ1) is 7.27. The summed E-state index contributed by atoms with van der Waals surface area (Å²) in [6.45, 7) is 4.62. The summed E-state index contributed by atoms with van der Waals surface area (Å²) in [6.07, 6.45) is 0. The van der Waals surface area contributed by atoms with E-state index in [0.29, 0.717) is 6.61 Å². The summed E-state index contributed by atoms with van der Waals surface area (Å²) in [6, 6.07) is 6.05. The zero-order valence-corrected chi connectivity index (χ0v) is 9.54. The maximum Gasteiger partial charge on any atom is 0.133 e. The molecule has 3 nitrogen and oxygen atoms in total. The third kappa shape index (κ3) is 2.33. The van der Waals surface area contributed by atoms with Gasteiger partial charge in [0.2, 0.25) is 0 Å². The number of aromatic nitrogens is 2. The van der Waals surface area contributed by atoms with Gasteiger partial charge in [-0.05, 0) is 42.6 Å². The maximum absolute atomic E-state index is 5.67. The number of nitrogens with zero attached hydrogens (tertiary/aromatic N) is 2. The van der Waals surface area contributed by atoms with Crippen molar-refractivity contribution in [3.05, 3.63) is 40.4 Å². The standard InChI is InChI=1S/C11H12N2OS/c1-8-4-3-5-11(9(8)2)14-6-10-7-15-13-12-10/h3-5,7H,6H2,1-2H3. The van der Waals surface area contributed by atoms with Crippen molar-refractivity contribution in [3.8, 4) is 5.75 Å². The highest BCUT2D eigenvalue weighted by molar-refractivity contribution is 7.03. The van der Waals surface area contributed by atoms with E-state index in [9.17, 15) is 0 Å². The molecule has 15 heavy (non-hydrogen) atoms. The highest BCUT2D eigenvalue weighted by Crippen LogP contribution is 2.21. The van der Waals surface area contributed by atoms with Crippen LogP contribution in [0.1, 0.15) is 16.8 Å². The second-order valence-corrected chi connectivity index (χ2v) is 3.99. The number of aryl methyl sites for hydroxylation is 1. The van der Waals surface area contributed by atoms with Crippen molar-refractivity contribution in [2.45, 2.75) is 20.5 Å². The summed E-state index contributed by atoms with van der Waals surface area (Å²) in [4.78, 5) is 0. The van der Waals surface area contributed by atoms with Gasteiger partial charge in [0, 0.05) is 5.38 Å². The molecule has 0 N–H and O–H groups in total. The Hall–Kier alpha value is -1.42. The molecule has 1 heterocycles. The molecule has 0 fully saturated rings. The quantitative estimate of drug-likeness (QED) is 0.797. The van der Waals surface area contributed by atoms with Gasteiger partial charge < -0.3 is 4.74 Å². The van der Waals surface area contributed by atoms with Gasteiger partial charge in [-0.2, -0.15) is 0 Å². The molecule has 0 saturated carbocycles. The van der Waals surface area contributed by atoms with Crippen molar-refractivity contribution in [2.75, 3.05) is 0 Å². The molecular weight excluding hydrogens is 208 g/mol. The zero-order valence-electron chi connectivity index (χ0n) is 8.73. The third-order valence-electron chi connectivity index (χ3n) is 2.34. The van der Waals surface area contributed by atoms with Crippen LogP contribution in [0.5, 0.6) is 5.75 Å². The number of hydrogen-bond acceptors (Lipinski definition) is 4. The first kappa shape index (κ1) is 10.1. The predicted molar refractivity (Wildman–Crippen MR) is 60.2 cm³/mol. The normalized spacial score (nSPS) is 10.3. The highest BCUT2D eigenvalue weighted by atomic mass is 32.1. The van der Waals surface area contributed by atoms with E-state index in [-0.39, 0.29) is 0 Å². The van der Waals surface area contributed by atoms with Crippen molar-refractivity contribution < 1.29 is 4.74 Å². The van der Waals surface area contributed by atoms with Crippen LogP contribution in [0.25, 0.3) is 0 Å². The van der Waals surface area contributed by atoms with Crippen molar-refractivity contribution >= 4 is 11.5 Å². The lowest BCUT2D eigenvalue weighted by Crippen LogP contribution is -1.98. The monoisotopic (exact) mass is 220 g/mol. The average Bonchev–Trinajstić information content (AvgIpc) is 2.73. The Bertz CT molecular complexity index is 440. The maximum atomic E-state index is 5.67. The molecule has 0 aliphatic rings. The summed E-state index contributed by atoms with van der Waals surface area (Å²) in [7, 11) is 0. The van der Waals surface area contributed by atoms with E-state index in [1.165, 1.54) is 22.7 Å². The lowest BCUT2D eigenvalue weighted by molar-refractivity contribution is 0.299. The molecular formula is C11H12N2OS.